The zero-order valence-electron chi connectivity index (χ0n) is 12.8. The molecule has 0 fully saturated rings. The molecule has 4 nitrogen and oxygen atoms in total. The highest BCUT2D eigenvalue weighted by molar-refractivity contribution is 7.99. The molecule has 0 radical (unpaired) electrons. The van der Waals surface area contributed by atoms with Crippen LogP contribution in [0.4, 0.5) is 5.69 Å². The van der Waals surface area contributed by atoms with Gasteiger partial charge in [0.2, 0.25) is 5.91 Å². The number of pyridine rings is 1. The summed E-state index contributed by atoms with van der Waals surface area (Å²) in [5.74, 6) is 0.493. The van der Waals surface area contributed by atoms with Crippen LogP contribution in [0.3, 0.4) is 0 Å². The molecule has 1 aromatic carbocycles. The van der Waals surface area contributed by atoms with Crippen LogP contribution < -0.4 is 10.0 Å². The third-order valence-electron chi connectivity index (χ3n) is 3.52. The number of carbonyl (C=O) groups is 1. The Hall–Kier alpha value is -2.01. The van der Waals surface area contributed by atoms with Crippen LogP contribution in [-0.2, 0) is 4.79 Å². The first-order valence-corrected chi connectivity index (χ1v) is 8.30. The van der Waals surface area contributed by atoms with Crippen molar-refractivity contribution in [3.8, 4) is 0 Å². The van der Waals surface area contributed by atoms with E-state index in [0.29, 0.717) is 10.9 Å². The summed E-state index contributed by atoms with van der Waals surface area (Å²) in [4.78, 5) is 12.1. The van der Waals surface area contributed by atoms with Crippen LogP contribution in [0.25, 0.3) is 0 Å². The molecular weight excluding hydrogens is 296 g/mol. The lowest BCUT2D eigenvalue weighted by Gasteiger charge is -2.15. The number of hydrogen-bond acceptors (Lipinski definition) is 3. The minimum Gasteiger partial charge on any atom is -0.618 e. The van der Waals surface area contributed by atoms with Gasteiger partial charge in [-0.05, 0) is 41.8 Å². The summed E-state index contributed by atoms with van der Waals surface area (Å²) < 4.78 is 0.769. The van der Waals surface area contributed by atoms with Gasteiger partial charge in [-0.1, -0.05) is 32.0 Å². The highest BCUT2D eigenvalue weighted by atomic mass is 32.2. The Bertz CT molecular complexity index is 646. The average molecular weight is 316 g/mol. The van der Waals surface area contributed by atoms with Crippen molar-refractivity contribution in [3.05, 3.63) is 59.4 Å². The first kappa shape index (κ1) is 16.4. The number of hydrogen-bond donors (Lipinski definition) is 1. The van der Waals surface area contributed by atoms with Crippen LogP contribution in [0.5, 0.6) is 0 Å². The summed E-state index contributed by atoms with van der Waals surface area (Å²) in [5, 5.41) is 15.0. The maximum Gasteiger partial charge on any atom is 0.251 e. The van der Waals surface area contributed by atoms with Gasteiger partial charge in [-0.2, -0.15) is 4.73 Å². The minimum atomic E-state index is -0.107. The van der Waals surface area contributed by atoms with Gasteiger partial charge in [-0.25, -0.2) is 0 Å². The molecular formula is C17H20N2O2S. The van der Waals surface area contributed by atoms with E-state index >= 15 is 0 Å². The predicted molar refractivity (Wildman–Crippen MR) is 89.9 cm³/mol. The molecule has 1 amide bonds. The Morgan fingerprint density at radius 2 is 2.00 bits per heavy atom. The van der Waals surface area contributed by atoms with E-state index in [-0.39, 0.29) is 11.7 Å². The monoisotopic (exact) mass is 316 g/mol. The van der Waals surface area contributed by atoms with Crippen LogP contribution in [0.1, 0.15) is 31.7 Å². The Kier molecular flexibility index (Phi) is 5.83. The molecule has 1 N–H and O–H groups in total. The Labute approximate surface area is 135 Å². The number of para-hydroxylation sites is 1. The fourth-order valence-electron chi connectivity index (χ4n) is 2.11. The highest BCUT2D eigenvalue weighted by Crippen LogP contribution is 2.26. The summed E-state index contributed by atoms with van der Waals surface area (Å²) in [7, 11) is 0. The minimum absolute atomic E-state index is 0.107. The maximum absolute atomic E-state index is 12.1. The summed E-state index contributed by atoms with van der Waals surface area (Å²) in [5.41, 5.74) is 1.99. The lowest BCUT2D eigenvalue weighted by Crippen LogP contribution is -2.28. The Morgan fingerprint density at radius 1 is 1.27 bits per heavy atom. The van der Waals surface area contributed by atoms with E-state index in [4.69, 9.17) is 0 Å². The fraction of sp³-hybridized carbons (Fsp3) is 0.294. The molecule has 1 atom stereocenters. The molecule has 5 heteroatoms. The standard InChI is InChI=1S/C17H20N2O2S/c1-3-13(2)14-8-4-5-9-15(14)18-16(20)12-22-17-10-6-7-11-19(17)21/h4-11,13H,3,12H2,1-2H3,(H,18,20)/t13-/m0/s1. The van der Waals surface area contributed by atoms with Crippen molar-refractivity contribution in [1.82, 2.24) is 0 Å². The van der Waals surface area contributed by atoms with Crippen LogP contribution in [0, 0.1) is 5.21 Å². The number of nitrogens with one attached hydrogen (secondary N) is 1. The maximum atomic E-state index is 12.1. The molecule has 0 aliphatic carbocycles. The smallest absolute Gasteiger partial charge is 0.251 e. The van der Waals surface area contributed by atoms with Gasteiger partial charge in [-0.15, -0.1) is 0 Å². The largest absolute Gasteiger partial charge is 0.618 e. The molecule has 0 aliphatic heterocycles. The van der Waals surface area contributed by atoms with Crippen molar-refractivity contribution in [1.29, 1.82) is 0 Å². The number of benzene rings is 1. The molecule has 2 aromatic rings. The second kappa shape index (κ2) is 7.84. The van der Waals surface area contributed by atoms with Gasteiger partial charge in [0.25, 0.3) is 5.03 Å². The molecule has 116 valence electrons. The van der Waals surface area contributed by atoms with Gasteiger partial charge >= 0.3 is 0 Å². The first-order valence-electron chi connectivity index (χ1n) is 7.31. The number of rotatable bonds is 6. The van der Waals surface area contributed by atoms with Crippen molar-refractivity contribution in [2.24, 2.45) is 0 Å². The Balaban J connectivity index is 1.99. The topological polar surface area (TPSA) is 56.0 Å². The number of carbonyl (C=O) groups excluding carboxylic acids is 1. The molecule has 0 bridgehead atoms. The van der Waals surface area contributed by atoms with E-state index in [2.05, 4.69) is 19.2 Å². The van der Waals surface area contributed by atoms with E-state index in [1.807, 2.05) is 24.3 Å². The van der Waals surface area contributed by atoms with Crippen molar-refractivity contribution in [3.63, 3.8) is 0 Å². The number of nitrogens with zero attached hydrogens (tertiary/aromatic N) is 1. The van der Waals surface area contributed by atoms with Gasteiger partial charge in [0, 0.05) is 17.8 Å². The third kappa shape index (κ3) is 4.24. The van der Waals surface area contributed by atoms with E-state index in [1.165, 1.54) is 18.0 Å². The van der Waals surface area contributed by atoms with Crippen LogP contribution in [0.15, 0.2) is 53.7 Å². The lowest BCUT2D eigenvalue weighted by molar-refractivity contribution is -0.645. The van der Waals surface area contributed by atoms with E-state index in [0.717, 1.165) is 22.4 Å². The number of anilines is 1. The second-order valence-electron chi connectivity index (χ2n) is 5.10. The lowest BCUT2D eigenvalue weighted by atomic mass is 9.97. The number of amides is 1. The molecule has 0 spiro atoms. The van der Waals surface area contributed by atoms with Crippen LogP contribution in [-0.4, -0.2) is 11.7 Å². The first-order chi connectivity index (χ1) is 10.6. The molecule has 0 saturated carbocycles. The molecule has 2 rings (SSSR count). The molecule has 0 unspecified atom stereocenters. The summed E-state index contributed by atoms with van der Waals surface area (Å²) in [6, 6.07) is 13.0. The van der Waals surface area contributed by atoms with Crippen molar-refractivity contribution in [2.45, 2.75) is 31.2 Å². The number of aromatic nitrogens is 1. The van der Waals surface area contributed by atoms with Crippen molar-refractivity contribution in [2.75, 3.05) is 11.1 Å². The molecule has 1 aromatic heterocycles. The van der Waals surface area contributed by atoms with Gasteiger partial charge in [0.1, 0.15) is 0 Å². The van der Waals surface area contributed by atoms with Crippen LogP contribution >= 0.6 is 11.8 Å². The van der Waals surface area contributed by atoms with E-state index < -0.39 is 0 Å². The summed E-state index contributed by atoms with van der Waals surface area (Å²) in [6.07, 6.45) is 2.44. The third-order valence-corrected chi connectivity index (χ3v) is 4.54. The summed E-state index contributed by atoms with van der Waals surface area (Å²) in [6.45, 7) is 4.27. The highest BCUT2D eigenvalue weighted by Gasteiger charge is 2.13. The predicted octanol–water partition coefficient (Wildman–Crippen LogP) is 3.56. The van der Waals surface area contributed by atoms with Crippen molar-refractivity contribution < 1.29 is 9.52 Å². The fourth-order valence-corrected chi connectivity index (χ4v) is 2.82. The van der Waals surface area contributed by atoms with Crippen LogP contribution in [0.2, 0.25) is 0 Å². The zero-order chi connectivity index (χ0) is 15.9. The zero-order valence-corrected chi connectivity index (χ0v) is 13.6. The molecule has 0 aliphatic rings. The summed E-state index contributed by atoms with van der Waals surface area (Å²) >= 11 is 1.23. The average Bonchev–Trinajstić information content (AvgIpc) is 2.54. The Morgan fingerprint density at radius 3 is 2.73 bits per heavy atom. The van der Waals surface area contributed by atoms with Gasteiger partial charge in [-0.3, -0.25) is 4.79 Å². The molecule has 0 saturated heterocycles. The molecule has 22 heavy (non-hydrogen) atoms. The quantitative estimate of drug-likeness (QED) is 0.503. The van der Waals surface area contributed by atoms with Gasteiger partial charge in [0.15, 0.2) is 6.20 Å². The second-order valence-corrected chi connectivity index (χ2v) is 6.09. The van der Waals surface area contributed by atoms with Gasteiger partial charge in [0.05, 0.1) is 5.75 Å². The SMILES string of the molecule is CC[C@H](C)c1ccccc1NC(=O)CSc1cccc[n+]1[O-]. The van der Waals surface area contributed by atoms with E-state index in [1.54, 1.807) is 18.2 Å². The van der Waals surface area contributed by atoms with Crippen molar-refractivity contribution >= 4 is 23.4 Å². The number of thioether (sulfide) groups is 1. The van der Waals surface area contributed by atoms with E-state index in [9.17, 15) is 10.0 Å². The normalized spacial score (nSPS) is 11.9. The molecule has 1 heterocycles. The van der Waals surface area contributed by atoms with Gasteiger partial charge < -0.3 is 10.5 Å².